The third kappa shape index (κ3) is 22.6. The van der Waals surface area contributed by atoms with Crippen molar-refractivity contribution in [1.82, 2.24) is 0 Å². The van der Waals surface area contributed by atoms with E-state index in [0.29, 0.717) is 0 Å². The minimum atomic E-state index is 0. The van der Waals surface area contributed by atoms with E-state index in [2.05, 4.69) is 6.58 Å². The minimum Gasteiger partial charge on any atom is -0.244 e. The average molecular weight is 212 g/mol. The van der Waals surface area contributed by atoms with Crippen LogP contribution in [0.1, 0.15) is 0 Å². The van der Waals surface area contributed by atoms with E-state index in [4.69, 9.17) is 5.26 Å². The molecule has 0 aromatic carbocycles. The summed E-state index contributed by atoms with van der Waals surface area (Å²) in [5.41, 5.74) is 0. The molecule has 7 heavy (non-hydrogen) atoms. The fraction of sp³-hybridized carbons (Fsp3) is 0. The predicted molar refractivity (Wildman–Crippen MR) is 30.4 cm³/mol. The van der Waals surface area contributed by atoms with Gasteiger partial charge in [0, 0.05) is 19.5 Å². The van der Waals surface area contributed by atoms with Gasteiger partial charge in [0.05, 0.1) is 0 Å². The van der Waals surface area contributed by atoms with Crippen LogP contribution in [0, 0.1) is 17.8 Å². The van der Waals surface area contributed by atoms with Crippen LogP contribution in [0.5, 0.6) is 0 Å². The summed E-state index contributed by atoms with van der Waals surface area (Å²) in [7, 11) is 0. The average Bonchev–Trinajstić information content (AvgIpc) is 1.41. The summed E-state index contributed by atoms with van der Waals surface area (Å²) in [6.07, 6.45) is 2.76. The van der Waals surface area contributed by atoms with Crippen molar-refractivity contribution in [3.8, 4) is 6.07 Å². The fourth-order valence-corrected chi connectivity index (χ4v) is 0.0527. The second kappa shape index (κ2) is 16.4. The Bertz CT molecular complexity index is 66.6. The van der Waals surface area contributed by atoms with E-state index in [1.165, 1.54) is 12.5 Å². The molecule has 0 fully saturated rings. The molecular weight excluding hydrogens is 207 g/mol. The van der Waals surface area contributed by atoms with Crippen LogP contribution in [0.4, 0.5) is 0 Å². The first-order valence-electron chi connectivity index (χ1n) is 1.25. The van der Waals surface area contributed by atoms with Gasteiger partial charge in [-0.1, -0.05) is 0 Å². The van der Waals surface area contributed by atoms with Crippen molar-refractivity contribution < 1.29 is 19.5 Å². The standard InChI is InChI=1S/C4H4N.BrH.Zn/c1-2-3-4-5;;/h2-3H,1H2;1H;/q-1;;. The van der Waals surface area contributed by atoms with E-state index >= 15 is 0 Å². The molecule has 0 aromatic rings. The summed E-state index contributed by atoms with van der Waals surface area (Å²) in [6.45, 7) is 3.27. The van der Waals surface area contributed by atoms with Crippen LogP contribution < -0.4 is 0 Å². The Morgan fingerprint density at radius 3 is 2.14 bits per heavy atom. The van der Waals surface area contributed by atoms with E-state index in [1.807, 2.05) is 0 Å². The third-order valence-electron chi connectivity index (χ3n) is 0.192. The number of hydrogen-bond donors (Lipinski definition) is 0. The molecule has 0 amide bonds. The number of hydrogen-bond acceptors (Lipinski definition) is 1. The maximum Gasteiger partial charge on any atom is 0 e. The van der Waals surface area contributed by atoms with Crippen LogP contribution in [0.3, 0.4) is 0 Å². The smallest absolute Gasteiger partial charge is 0 e. The van der Waals surface area contributed by atoms with Crippen LogP contribution in [-0.4, -0.2) is 0 Å². The summed E-state index contributed by atoms with van der Waals surface area (Å²) >= 11 is 0. The zero-order chi connectivity index (χ0) is 4.12. The summed E-state index contributed by atoms with van der Waals surface area (Å²) in [6, 6.07) is 1.77. The van der Waals surface area contributed by atoms with Gasteiger partial charge in [0.15, 0.2) is 0 Å². The molecule has 0 saturated heterocycles. The van der Waals surface area contributed by atoms with Crippen LogP contribution >= 0.6 is 17.0 Å². The molecule has 0 aromatic heterocycles. The molecule has 0 aliphatic heterocycles. The van der Waals surface area contributed by atoms with Crippen LogP contribution in [-0.2, 0) is 19.5 Å². The molecule has 0 aliphatic carbocycles. The second-order valence-corrected chi connectivity index (χ2v) is 0.531. The summed E-state index contributed by atoms with van der Waals surface area (Å²) in [5.74, 6) is 0. The Morgan fingerprint density at radius 1 is 1.71 bits per heavy atom. The van der Waals surface area contributed by atoms with Gasteiger partial charge in [0.2, 0.25) is 0 Å². The maximum atomic E-state index is 7.69. The molecule has 0 rings (SSSR count). The van der Waals surface area contributed by atoms with E-state index in [1.54, 1.807) is 6.07 Å². The van der Waals surface area contributed by atoms with Crippen molar-refractivity contribution in [2.75, 3.05) is 0 Å². The van der Waals surface area contributed by atoms with Crippen molar-refractivity contribution >= 4 is 17.0 Å². The maximum absolute atomic E-state index is 7.69. The summed E-state index contributed by atoms with van der Waals surface area (Å²) in [5, 5.41) is 7.69. The Labute approximate surface area is 66.9 Å². The Kier molecular flexibility index (Phi) is 36.7. The van der Waals surface area contributed by atoms with E-state index < -0.39 is 0 Å². The van der Waals surface area contributed by atoms with Gasteiger partial charge in [-0.05, 0) is 6.07 Å². The van der Waals surface area contributed by atoms with Crippen molar-refractivity contribution in [3.05, 3.63) is 19.1 Å². The van der Waals surface area contributed by atoms with Crippen molar-refractivity contribution in [2.45, 2.75) is 0 Å². The Morgan fingerprint density at radius 2 is 2.14 bits per heavy atom. The molecule has 1 nitrogen and oxygen atoms in total. The molecule has 0 unspecified atom stereocenters. The predicted octanol–water partition coefficient (Wildman–Crippen LogP) is 1.48. The van der Waals surface area contributed by atoms with Gasteiger partial charge in [0.1, 0.15) is 0 Å². The Balaban J connectivity index is -0.0000000800. The van der Waals surface area contributed by atoms with Gasteiger partial charge in [-0.25, -0.2) is 17.9 Å². The zero-order valence-corrected chi connectivity index (χ0v) is 8.60. The molecule has 0 bridgehead atoms. The van der Waals surface area contributed by atoms with Crippen LogP contribution in [0.25, 0.3) is 0 Å². The number of allylic oxidation sites excluding steroid dienone is 1. The molecule has 0 spiro atoms. The molecule has 0 heterocycles. The summed E-state index contributed by atoms with van der Waals surface area (Å²) in [4.78, 5) is 0. The van der Waals surface area contributed by atoms with Gasteiger partial charge in [0.25, 0.3) is 0 Å². The summed E-state index contributed by atoms with van der Waals surface area (Å²) < 4.78 is 0. The van der Waals surface area contributed by atoms with E-state index in [9.17, 15) is 0 Å². The third-order valence-corrected chi connectivity index (χ3v) is 0.192. The first kappa shape index (κ1) is 15.7. The second-order valence-electron chi connectivity index (χ2n) is 0.531. The Hall–Kier alpha value is 0.203. The monoisotopic (exact) mass is 210 g/mol. The molecule has 36 valence electrons. The quantitative estimate of drug-likeness (QED) is 0.477. The van der Waals surface area contributed by atoms with Gasteiger partial charge in [-0.2, -0.15) is 0 Å². The normalized spacial score (nSPS) is 3.29. The SMILES string of the molecule is Br.C=C[CH-]C#N.[Zn]. The first-order chi connectivity index (χ1) is 2.41. The van der Waals surface area contributed by atoms with Crippen LogP contribution in [0.2, 0.25) is 0 Å². The van der Waals surface area contributed by atoms with Gasteiger partial charge >= 0.3 is 0 Å². The van der Waals surface area contributed by atoms with E-state index in [-0.39, 0.29) is 36.5 Å². The molecule has 0 saturated carbocycles. The molecule has 0 atom stereocenters. The first-order valence-corrected chi connectivity index (χ1v) is 1.25. The zero-order valence-electron chi connectivity index (χ0n) is 3.92. The van der Waals surface area contributed by atoms with Gasteiger partial charge in [-0.3, -0.25) is 0 Å². The number of nitrogens with zero attached hydrogens (tertiary/aromatic N) is 1. The largest absolute Gasteiger partial charge is 0.244 e. The van der Waals surface area contributed by atoms with E-state index in [0.717, 1.165) is 0 Å². The molecule has 0 aliphatic rings. The minimum absolute atomic E-state index is 0. The number of halogens is 1. The fourth-order valence-electron chi connectivity index (χ4n) is 0.0527. The van der Waals surface area contributed by atoms with Gasteiger partial charge in [-0.15, -0.1) is 23.4 Å². The number of nitriles is 1. The van der Waals surface area contributed by atoms with Gasteiger partial charge < -0.3 is 0 Å². The van der Waals surface area contributed by atoms with Crippen molar-refractivity contribution in [2.24, 2.45) is 0 Å². The topological polar surface area (TPSA) is 23.8 Å². The molecule has 0 radical (unpaired) electrons. The number of rotatable bonds is 1. The molecule has 0 N–H and O–H groups in total. The van der Waals surface area contributed by atoms with Crippen LogP contribution in [0.15, 0.2) is 12.7 Å². The molecular formula is C4H5BrNZn-. The van der Waals surface area contributed by atoms with Crippen molar-refractivity contribution in [1.29, 1.82) is 5.26 Å². The van der Waals surface area contributed by atoms with Crippen molar-refractivity contribution in [3.63, 3.8) is 0 Å². The molecule has 3 heteroatoms.